The van der Waals surface area contributed by atoms with Gasteiger partial charge in [0.05, 0.1) is 35.7 Å². The first-order valence-corrected chi connectivity index (χ1v) is 10.6. The Balaban J connectivity index is 1.38. The summed E-state index contributed by atoms with van der Waals surface area (Å²) in [5.74, 6) is -5.90. The Morgan fingerprint density at radius 1 is 1.17 bits per heavy atom. The van der Waals surface area contributed by atoms with Gasteiger partial charge in [-0.25, -0.2) is 18.7 Å². The molecule has 0 radical (unpaired) electrons. The van der Waals surface area contributed by atoms with Crippen LogP contribution in [0.25, 0.3) is 11.4 Å². The first-order valence-electron chi connectivity index (χ1n) is 10.6. The number of H-pyrrole nitrogens is 1. The summed E-state index contributed by atoms with van der Waals surface area (Å²) in [7, 11) is 0. The fourth-order valence-corrected chi connectivity index (χ4v) is 3.65. The van der Waals surface area contributed by atoms with Gasteiger partial charge in [0.15, 0.2) is 0 Å². The van der Waals surface area contributed by atoms with E-state index < -0.39 is 42.5 Å². The molecule has 1 atom stereocenters. The number of likely N-dealkylation sites (tertiary alicyclic amines) is 1. The number of alkyl halides is 2. The second-order valence-electron chi connectivity index (χ2n) is 7.93. The van der Waals surface area contributed by atoms with Crippen molar-refractivity contribution in [2.75, 3.05) is 23.7 Å². The molecule has 3 amide bonds. The molecule has 4 heterocycles. The molecule has 35 heavy (non-hydrogen) atoms. The molecule has 10 nitrogen and oxygen atoms in total. The first kappa shape index (κ1) is 23.7. The summed E-state index contributed by atoms with van der Waals surface area (Å²) in [6.07, 6.45) is 3.13. The zero-order chi connectivity index (χ0) is 25.0. The molecular formula is C23H21F2N7O3. The lowest BCUT2D eigenvalue weighted by molar-refractivity contribution is -0.145. The van der Waals surface area contributed by atoms with Crippen molar-refractivity contribution in [1.29, 1.82) is 0 Å². The van der Waals surface area contributed by atoms with Crippen LogP contribution in [0.3, 0.4) is 0 Å². The van der Waals surface area contributed by atoms with Crippen molar-refractivity contribution in [2.45, 2.75) is 12.3 Å². The number of carbonyl (C=O) groups is 3. The molecule has 180 valence electrons. The molecule has 1 aliphatic rings. The summed E-state index contributed by atoms with van der Waals surface area (Å²) in [6.45, 7) is 2.41. The number of halogens is 2. The molecule has 1 saturated heterocycles. The van der Waals surface area contributed by atoms with E-state index in [1.54, 1.807) is 30.5 Å². The molecule has 3 N–H and O–H groups in total. The van der Waals surface area contributed by atoms with Crippen LogP contribution in [-0.4, -0.2) is 61.8 Å². The van der Waals surface area contributed by atoms with Crippen LogP contribution < -0.4 is 10.6 Å². The van der Waals surface area contributed by atoms with Crippen LogP contribution in [0.1, 0.15) is 16.9 Å². The Kier molecular flexibility index (Phi) is 6.62. The van der Waals surface area contributed by atoms with Gasteiger partial charge in [-0.05, 0) is 36.4 Å². The van der Waals surface area contributed by atoms with E-state index in [1.165, 1.54) is 18.3 Å². The van der Waals surface area contributed by atoms with Crippen LogP contribution in [0, 0.1) is 5.92 Å². The van der Waals surface area contributed by atoms with Crippen LogP contribution in [-0.2, 0) is 9.59 Å². The highest BCUT2D eigenvalue weighted by atomic mass is 19.3. The summed E-state index contributed by atoms with van der Waals surface area (Å²) >= 11 is 0. The maximum absolute atomic E-state index is 14.0. The number of nitrogens with one attached hydrogen (secondary N) is 3. The van der Waals surface area contributed by atoms with Gasteiger partial charge in [0.25, 0.3) is 11.8 Å². The smallest absolute Gasteiger partial charge is 0.275 e. The minimum Gasteiger partial charge on any atom is -0.332 e. The van der Waals surface area contributed by atoms with Gasteiger partial charge in [-0.1, -0.05) is 12.6 Å². The van der Waals surface area contributed by atoms with E-state index in [2.05, 4.69) is 37.4 Å². The number of pyridine rings is 2. The zero-order valence-electron chi connectivity index (χ0n) is 18.4. The fraction of sp³-hybridized carbons (Fsp3) is 0.217. The SMILES string of the molecule is C=CC(=O)N1CC(C(=O)Nc2ccc(NC(=O)c3cccc(-c4ccn[nH]4)n3)nc2)CC(F)(F)C1. The predicted molar refractivity (Wildman–Crippen MR) is 122 cm³/mol. The average molecular weight is 481 g/mol. The van der Waals surface area contributed by atoms with E-state index in [0.29, 0.717) is 11.4 Å². The molecule has 3 aromatic rings. The number of hydrogen-bond acceptors (Lipinski definition) is 6. The molecule has 0 spiro atoms. The maximum Gasteiger partial charge on any atom is 0.275 e. The van der Waals surface area contributed by atoms with Crippen molar-refractivity contribution < 1.29 is 23.2 Å². The van der Waals surface area contributed by atoms with Gasteiger partial charge in [-0.2, -0.15) is 5.10 Å². The molecule has 3 aromatic heterocycles. The van der Waals surface area contributed by atoms with Crippen molar-refractivity contribution in [2.24, 2.45) is 5.92 Å². The number of amides is 3. The standard InChI is InChI=1S/C23H21F2N7O3/c1-2-20(33)32-12-14(10-23(24,25)13-32)21(34)28-15-6-7-19(26-11-15)30-22(35)18-5-3-4-16(29-18)17-8-9-27-31-17/h2-9,11,14H,1,10,12-13H2,(H,27,31)(H,28,34)(H,26,30,35). The molecule has 12 heteroatoms. The van der Waals surface area contributed by atoms with E-state index >= 15 is 0 Å². The molecular weight excluding hydrogens is 460 g/mol. The van der Waals surface area contributed by atoms with E-state index in [-0.39, 0.29) is 23.7 Å². The van der Waals surface area contributed by atoms with Crippen LogP contribution in [0.2, 0.25) is 0 Å². The predicted octanol–water partition coefficient (Wildman–Crippen LogP) is 2.73. The van der Waals surface area contributed by atoms with Gasteiger partial charge >= 0.3 is 0 Å². The number of carbonyl (C=O) groups excluding carboxylic acids is 3. The zero-order valence-corrected chi connectivity index (χ0v) is 18.4. The number of aromatic nitrogens is 4. The number of anilines is 2. The highest BCUT2D eigenvalue weighted by molar-refractivity contribution is 6.02. The lowest BCUT2D eigenvalue weighted by Gasteiger charge is -2.36. The number of rotatable bonds is 6. The van der Waals surface area contributed by atoms with Crippen LogP contribution in [0.5, 0.6) is 0 Å². The Morgan fingerprint density at radius 3 is 2.69 bits per heavy atom. The van der Waals surface area contributed by atoms with Crippen LogP contribution in [0.4, 0.5) is 20.3 Å². The largest absolute Gasteiger partial charge is 0.332 e. The van der Waals surface area contributed by atoms with Gasteiger partial charge in [-0.3, -0.25) is 19.5 Å². The summed E-state index contributed by atoms with van der Waals surface area (Å²) in [5, 5.41) is 11.8. The lowest BCUT2D eigenvalue weighted by atomic mass is 9.94. The molecule has 4 rings (SSSR count). The Labute approximate surface area is 198 Å². The summed E-state index contributed by atoms with van der Waals surface area (Å²) in [4.78, 5) is 46.2. The lowest BCUT2D eigenvalue weighted by Crippen LogP contribution is -2.51. The summed E-state index contributed by atoms with van der Waals surface area (Å²) in [5.41, 5.74) is 1.62. The third-order valence-electron chi connectivity index (χ3n) is 5.30. The molecule has 1 aliphatic heterocycles. The van der Waals surface area contributed by atoms with Crippen molar-refractivity contribution in [3.05, 3.63) is 67.1 Å². The average Bonchev–Trinajstić information content (AvgIpc) is 3.39. The van der Waals surface area contributed by atoms with Crippen molar-refractivity contribution >= 4 is 29.2 Å². The van der Waals surface area contributed by atoms with Gasteiger partial charge in [0.2, 0.25) is 11.8 Å². The van der Waals surface area contributed by atoms with Crippen molar-refractivity contribution in [3.8, 4) is 11.4 Å². The van der Waals surface area contributed by atoms with Gasteiger partial charge in [-0.15, -0.1) is 0 Å². The Hall–Kier alpha value is -4.48. The van der Waals surface area contributed by atoms with Gasteiger partial charge in [0, 0.05) is 19.2 Å². The third-order valence-corrected chi connectivity index (χ3v) is 5.30. The molecule has 1 fully saturated rings. The number of hydrogen-bond donors (Lipinski definition) is 3. The van der Waals surface area contributed by atoms with Gasteiger partial charge < -0.3 is 15.5 Å². The minimum absolute atomic E-state index is 0.140. The van der Waals surface area contributed by atoms with E-state index in [0.717, 1.165) is 11.0 Å². The Morgan fingerprint density at radius 2 is 2.00 bits per heavy atom. The first-order chi connectivity index (χ1) is 16.7. The quantitative estimate of drug-likeness (QED) is 0.464. The molecule has 0 saturated carbocycles. The van der Waals surface area contributed by atoms with E-state index in [9.17, 15) is 23.2 Å². The summed E-state index contributed by atoms with van der Waals surface area (Å²) in [6, 6.07) is 9.61. The molecule has 1 unspecified atom stereocenters. The third kappa shape index (κ3) is 5.72. The Bertz CT molecular complexity index is 1250. The van der Waals surface area contributed by atoms with Crippen molar-refractivity contribution in [3.63, 3.8) is 0 Å². The second kappa shape index (κ2) is 9.79. The summed E-state index contributed by atoms with van der Waals surface area (Å²) < 4.78 is 28.1. The highest BCUT2D eigenvalue weighted by Crippen LogP contribution is 2.31. The topological polar surface area (TPSA) is 133 Å². The van der Waals surface area contributed by atoms with Gasteiger partial charge in [0.1, 0.15) is 11.5 Å². The van der Waals surface area contributed by atoms with Crippen LogP contribution in [0.15, 0.2) is 61.4 Å². The number of nitrogens with zero attached hydrogens (tertiary/aromatic N) is 4. The number of aromatic amines is 1. The number of piperidine rings is 1. The highest BCUT2D eigenvalue weighted by Gasteiger charge is 2.44. The minimum atomic E-state index is -3.19. The molecule has 0 aromatic carbocycles. The maximum atomic E-state index is 14.0. The van der Waals surface area contributed by atoms with Crippen LogP contribution >= 0.6 is 0 Å². The molecule has 0 bridgehead atoms. The van der Waals surface area contributed by atoms with Crippen molar-refractivity contribution in [1.82, 2.24) is 25.1 Å². The second-order valence-corrected chi connectivity index (χ2v) is 7.93. The van der Waals surface area contributed by atoms with E-state index in [4.69, 9.17) is 0 Å². The molecule has 0 aliphatic carbocycles. The van der Waals surface area contributed by atoms with E-state index in [1.807, 2.05) is 0 Å². The normalized spacial score (nSPS) is 16.9. The monoisotopic (exact) mass is 481 g/mol. The fourth-order valence-electron chi connectivity index (χ4n) is 3.65.